The molecule has 0 saturated heterocycles. The molecule has 0 bridgehead atoms. The van der Waals surface area contributed by atoms with Gasteiger partial charge in [-0.05, 0) is 6.07 Å². The zero-order chi connectivity index (χ0) is 10.1. The van der Waals surface area contributed by atoms with E-state index in [9.17, 15) is 9.59 Å². The first-order valence-corrected chi connectivity index (χ1v) is 4.80. The predicted octanol–water partition coefficient (Wildman–Crippen LogP) is 2.41. The molecule has 1 aromatic carbocycles. The van der Waals surface area contributed by atoms with E-state index >= 15 is 0 Å². The molecule has 0 amide bonds. The van der Waals surface area contributed by atoms with Crippen molar-refractivity contribution in [3.63, 3.8) is 0 Å². The normalized spacial score (nSPS) is 10.3. The molecule has 0 unspecified atom stereocenters. The van der Waals surface area contributed by atoms with Gasteiger partial charge < -0.3 is 5.11 Å². The van der Waals surface area contributed by atoms with Crippen LogP contribution in [0.4, 0.5) is 0 Å². The third-order valence-corrected chi connectivity index (χ3v) is 3.03. The summed E-state index contributed by atoms with van der Waals surface area (Å²) in [4.78, 5) is 21.5. The molecule has 2 rings (SSSR count). The fraction of sp³-hybridized carbons (Fsp3) is 0. The minimum absolute atomic E-state index is 0.251. The number of aldehydes is 1. The Morgan fingerprint density at radius 3 is 2.86 bits per heavy atom. The number of fused-ring (bicyclic) bond motifs is 1. The van der Waals surface area contributed by atoms with Gasteiger partial charge in [-0.3, -0.25) is 4.79 Å². The minimum atomic E-state index is -0.963. The Bertz CT molecular complexity index is 513. The smallest absolute Gasteiger partial charge is 0.337 e. The maximum atomic E-state index is 10.8. The maximum absolute atomic E-state index is 10.8. The van der Waals surface area contributed by atoms with Gasteiger partial charge >= 0.3 is 5.97 Å². The van der Waals surface area contributed by atoms with Crippen LogP contribution in [-0.4, -0.2) is 17.4 Å². The van der Waals surface area contributed by atoms with Gasteiger partial charge in [-0.1, -0.05) is 12.1 Å². The van der Waals surface area contributed by atoms with Gasteiger partial charge in [0.25, 0.3) is 0 Å². The van der Waals surface area contributed by atoms with Crippen molar-refractivity contribution < 1.29 is 14.7 Å². The summed E-state index contributed by atoms with van der Waals surface area (Å²) in [5, 5.41) is 11.3. The molecule has 14 heavy (non-hydrogen) atoms. The molecule has 0 aliphatic heterocycles. The minimum Gasteiger partial charge on any atom is -0.478 e. The second-order valence-corrected chi connectivity index (χ2v) is 3.68. The van der Waals surface area contributed by atoms with Crippen LogP contribution in [0.5, 0.6) is 0 Å². The first kappa shape index (κ1) is 8.90. The third kappa shape index (κ3) is 1.20. The molecule has 0 spiro atoms. The van der Waals surface area contributed by atoms with Gasteiger partial charge in [0.1, 0.15) is 0 Å². The molecule has 1 heterocycles. The van der Waals surface area contributed by atoms with Gasteiger partial charge in [0.15, 0.2) is 6.29 Å². The Kier molecular flexibility index (Phi) is 2.05. The van der Waals surface area contributed by atoms with E-state index in [0.717, 1.165) is 6.29 Å². The summed E-state index contributed by atoms with van der Waals surface area (Å²) in [5.41, 5.74) is 0.800. The van der Waals surface area contributed by atoms with E-state index in [2.05, 4.69) is 0 Å². The number of carbonyl (C=O) groups is 2. The number of hydrogen-bond acceptors (Lipinski definition) is 3. The van der Waals surface area contributed by atoms with Crippen LogP contribution in [0.1, 0.15) is 20.7 Å². The highest BCUT2D eigenvalue weighted by atomic mass is 32.1. The lowest BCUT2D eigenvalue weighted by molar-refractivity contribution is 0.0699. The van der Waals surface area contributed by atoms with Crippen molar-refractivity contribution in [2.45, 2.75) is 0 Å². The molecule has 3 nitrogen and oxygen atoms in total. The Hall–Kier alpha value is -1.68. The summed E-state index contributed by atoms with van der Waals surface area (Å²) in [6.45, 7) is 0. The summed E-state index contributed by atoms with van der Waals surface area (Å²) in [7, 11) is 0. The topological polar surface area (TPSA) is 54.4 Å². The molecule has 0 radical (unpaired) electrons. The van der Waals surface area contributed by atoms with Crippen LogP contribution in [0.25, 0.3) is 10.1 Å². The van der Waals surface area contributed by atoms with Gasteiger partial charge in [0.2, 0.25) is 0 Å². The standard InChI is InChI=1S/C10H6O3S/c11-4-6-5-14-9-7(6)2-1-3-8(9)10(12)13/h1-5H,(H,12,13). The molecule has 0 atom stereocenters. The van der Waals surface area contributed by atoms with E-state index in [1.165, 1.54) is 17.4 Å². The summed E-state index contributed by atoms with van der Waals surface area (Å²) in [5.74, 6) is -0.963. The molecule has 0 saturated carbocycles. The fourth-order valence-corrected chi connectivity index (χ4v) is 2.36. The first-order valence-electron chi connectivity index (χ1n) is 3.92. The average molecular weight is 206 g/mol. The first-order chi connectivity index (χ1) is 6.74. The Balaban J connectivity index is 2.82. The van der Waals surface area contributed by atoms with Gasteiger partial charge in [0, 0.05) is 21.0 Å². The molecular formula is C10H6O3S. The van der Waals surface area contributed by atoms with Crippen molar-refractivity contribution in [3.8, 4) is 0 Å². The van der Waals surface area contributed by atoms with E-state index in [1.54, 1.807) is 17.5 Å². The van der Waals surface area contributed by atoms with E-state index in [0.29, 0.717) is 15.6 Å². The van der Waals surface area contributed by atoms with Crippen LogP contribution in [0.2, 0.25) is 0 Å². The summed E-state index contributed by atoms with van der Waals surface area (Å²) < 4.78 is 0.655. The number of aromatic carboxylic acids is 1. The van der Waals surface area contributed by atoms with E-state index < -0.39 is 5.97 Å². The third-order valence-electron chi connectivity index (χ3n) is 1.99. The molecule has 1 aromatic heterocycles. The lowest BCUT2D eigenvalue weighted by Gasteiger charge is -1.95. The number of carboxylic acid groups (broad SMARTS) is 1. The van der Waals surface area contributed by atoms with Crippen LogP contribution in [0.3, 0.4) is 0 Å². The number of carboxylic acids is 1. The zero-order valence-corrected chi connectivity index (χ0v) is 7.88. The molecule has 0 aliphatic carbocycles. The molecule has 0 fully saturated rings. The Morgan fingerprint density at radius 2 is 2.21 bits per heavy atom. The maximum Gasteiger partial charge on any atom is 0.337 e. The number of benzene rings is 1. The van der Waals surface area contributed by atoms with Crippen molar-refractivity contribution in [1.82, 2.24) is 0 Å². The number of rotatable bonds is 2. The number of hydrogen-bond donors (Lipinski definition) is 1. The van der Waals surface area contributed by atoms with Crippen LogP contribution in [0.15, 0.2) is 23.6 Å². The van der Waals surface area contributed by atoms with Crippen molar-refractivity contribution >= 4 is 33.7 Å². The quantitative estimate of drug-likeness (QED) is 0.767. The van der Waals surface area contributed by atoms with E-state index in [-0.39, 0.29) is 5.56 Å². The van der Waals surface area contributed by atoms with Crippen molar-refractivity contribution in [3.05, 3.63) is 34.7 Å². The summed E-state index contributed by atoms with van der Waals surface area (Å²) >= 11 is 1.28. The van der Waals surface area contributed by atoms with Gasteiger partial charge in [-0.15, -0.1) is 11.3 Å². The van der Waals surface area contributed by atoms with Crippen LogP contribution in [0, 0.1) is 0 Å². The molecule has 1 N–H and O–H groups in total. The number of carbonyl (C=O) groups excluding carboxylic acids is 1. The largest absolute Gasteiger partial charge is 0.478 e. The summed E-state index contributed by atoms with van der Waals surface area (Å²) in [6.07, 6.45) is 0.741. The molecule has 2 aromatic rings. The zero-order valence-electron chi connectivity index (χ0n) is 7.06. The van der Waals surface area contributed by atoms with Gasteiger partial charge in [-0.25, -0.2) is 4.79 Å². The van der Waals surface area contributed by atoms with E-state index in [1.807, 2.05) is 0 Å². The van der Waals surface area contributed by atoms with E-state index in [4.69, 9.17) is 5.11 Å². The average Bonchev–Trinajstić information content (AvgIpc) is 2.59. The Labute approximate surface area is 83.6 Å². The molecule has 70 valence electrons. The lowest BCUT2D eigenvalue weighted by Crippen LogP contribution is -1.95. The van der Waals surface area contributed by atoms with Crippen molar-refractivity contribution in [2.75, 3.05) is 0 Å². The predicted molar refractivity (Wildman–Crippen MR) is 54.2 cm³/mol. The van der Waals surface area contributed by atoms with Crippen LogP contribution >= 0.6 is 11.3 Å². The fourth-order valence-electron chi connectivity index (χ4n) is 1.34. The van der Waals surface area contributed by atoms with Crippen LogP contribution in [-0.2, 0) is 0 Å². The molecular weight excluding hydrogens is 200 g/mol. The summed E-state index contributed by atoms with van der Waals surface area (Å²) in [6, 6.07) is 4.93. The monoisotopic (exact) mass is 206 g/mol. The SMILES string of the molecule is O=Cc1csc2c(C(=O)O)cccc12. The van der Waals surface area contributed by atoms with Crippen molar-refractivity contribution in [2.24, 2.45) is 0 Å². The highest BCUT2D eigenvalue weighted by Crippen LogP contribution is 2.27. The highest BCUT2D eigenvalue weighted by molar-refractivity contribution is 7.18. The Morgan fingerprint density at radius 1 is 1.43 bits per heavy atom. The lowest BCUT2D eigenvalue weighted by atomic mass is 10.1. The van der Waals surface area contributed by atoms with Gasteiger partial charge in [-0.2, -0.15) is 0 Å². The molecule has 4 heteroatoms. The molecule has 0 aliphatic rings. The van der Waals surface area contributed by atoms with Gasteiger partial charge in [0.05, 0.1) is 5.56 Å². The second kappa shape index (κ2) is 3.23. The second-order valence-electron chi connectivity index (χ2n) is 2.80. The number of thiophene rings is 1. The van der Waals surface area contributed by atoms with Crippen molar-refractivity contribution in [1.29, 1.82) is 0 Å². The highest BCUT2D eigenvalue weighted by Gasteiger charge is 2.11. The van der Waals surface area contributed by atoms with Crippen LogP contribution < -0.4 is 0 Å².